The molecule has 1 aromatic carbocycles. The molecule has 156 valence electrons. The summed E-state index contributed by atoms with van der Waals surface area (Å²) in [6.45, 7) is 0.333. The zero-order valence-electron chi connectivity index (χ0n) is 15.8. The van der Waals surface area contributed by atoms with Crippen molar-refractivity contribution in [3.8, 4) is 0 Å². The van der Waals surface area contributed by atoms with Crippen molar-refractivity contribution in [3.63, 3.8) is 0 Å². The fraction of sp³-hybridized carbons (Fsp3) is 0.444. The number of methoxy groups -OCH3 is 1. The van der Waals surface area contributed by atoms with E-state index < -0.39 is 30.0 Å². The molecule has 0 saturated carbocycles. The first-order valence-electron chi connectivity index (χ1n) is 9.15. The van der Waals surface area contributed by atoms with E-state index in [1.54, 1.807) is 18.2 Å². The van der Waals surface area contributed by atoms with Crippen molar-refractivity contribution in [3.05, 3.63) is 22.7 Å². The number of amides is 4. The number of nitrogen functional groups attached to an aromatic ring is 1. The number of hydrazine groups is 1. The van der Waals surface area contributed by atoms with Crippen LogP contribution in [0.25, 0.3) is 0 Å². The second kappa shape index (κ2) is 8.68. The van der Waals surface area contributed by atoms with E-state index in [1.807, 2.05) is 0 Å². The third kappa shape index (κ3) is 4.44. The maximum atomic E-state index is 13.1. The van der Waals surface area contributed by atoms with Gasteiger partial charge in [0.1, 0.15) is 12.1 Å². The minimum absolute atomic E-state index is 0.0743. The van der Waals surface area contributed by atoms with E-state index in [0.717, 1.165) is 4.47 Å². The first-order chi connectivity index (χ1) is 13.8. The smallest absolute Gasteiger partial charge is 0.407 e. The Morgan fingerprint density at radius 1 is 1.28 bits per heavy atom. The highest BCUT2D eigenvalue weighted by molar-refractivity contribution is 9.10. The van der Waals surface area contributed by atoms with Gasteiger partial charge in [0.05, 0.1) is 18.5 Å². The molecule has 0 spiro atoms. The van der Waals surface area contributed by atoms with Gasteiger partial charge in [-0.05, 0) is 37.5 Å². The number of ether oxygens (including phenoxy) is 1. The predicted octanol–water partition coefficient (Wildman–Crippen LogP) is 1.22. The van der Waals surface area contributed by atoms with E-state index in [-0.39, 0.29) is 18.7 Å². The topological polar surface area (TPSA) is 134 Å². The van der Waals surface area contributed by atoms with Crippen LogP contribution in [-0.4, -0.2) is 59.6 Å². The number of fused-ring (bicyclic) bond motifs is 1. The van der Waals surface area contributed by atoms with Crippen molar-refractivity contribution in [2.45, 2.75) is 37.8 Å². The second-order valence-electron chi connectivity index (χ2n) is 6.81. The van der Waals surface area contributed by atoms with Gasteiger partial charge in [-0.25, -0.2) is 9.80 Å². The molecule has 10 nitrogen and oxygen atoms in total. The molecule has 2 atom stereocenters. The lowest BCUT2D eigenvalue weighted by Gasteiger charge is -2.42. The fourth-order valence-corrected chi connectivity index (χ4v) is 3.85. The molecule has 1 aromatic rings. The zero-order chi connectivity index (χ0) is 21.1. The summed E-state index contributed by atoms with van der Waals surface area (Å²) < 4.78 is 5.33. The first kappa shape index (κ1) is 20.9. The minimum Gasteiger partial charge on any atom is -0.453 e. The molecule has 0 aliphatic carbocycles. The number of carbonyl (C=O) groups excluding carboxylic acids is 4. The summed E-state index contributed by atoms with van der Waals surface area (Å²) >= 11 is 3.31. The number of hydrogen-bond donors (Lipinski definition) is 3. The quantitative estimate of drug-likeness (QED) is 0.572. The van der Waals surface area contributed by atoms with Crippen LogP contribution in [0, 0.1) is 0 Å². The van der Waals surface area contributed by atoms with Crippen LogP contribution in [-0.2, 0) is 19.1 Å². The van der Waals surface area contributed by atoms with E-state index in [4.69, 9.17) is 5.73 Å². The lowest BCUT2D eigenvalue weighted by molar-refractivity contribution is -0.174. The molecule has 4 amide bonds. The summed E-state index contributed by atoms with van der Waals surface area (Å²) in [5.41, 5.74) is 6.72. The molecule has 2 aliphatic rings. The summed E-state index contributed by atoms with van der Waals surface area (Å²) in [6.07, 6.45) is 0.379. The van der Waals surface area contributed by atoms with Crippen molar-refractivity contribution >= 4 is 51.1 Å². The molecule has 0 unspecified atom stereocenters. The SMILES string of the molecule is COC(=O)N[C@H]1CCC(=O)N2CCC[C@@H](C(=O)Nc3ccc(Br)cc3N)N2C1=O. The van der Waals surface area contributed by atoms with Crippen LogP contribution in [0.15, 0.2) is 22.7 Å². The number of nitrogens with one attached hydrogen (secondary N) is 2. The van der Waals surface area contributed by atoms with Crippen LogP contribution in [0.5, 0.6) is 0 Å². The fourth-order valence-electron chi connectivity index (χ4n) is 3.47. The molecule has 4 N–H and O–H groups in total. The molecule has 11 heteroatoms. The van der Waals surface area contributed by atoms with Crippen LogP contribution < -0.4 is 16.4 Å². The van der Waals surface area contributed by atoms with Gasteiger partial charge in [0.25, 0.3) is 5.91 Å². The average Bonchev–Trinajstić information content (AvgIpc) is 2.82. The second-order valence-corrected chi connectivity index (χ2v) is 7.72. The number of anilines is 2. The van der Waals surface area contributed by atoms with Gasteiger partial charge in [-0.3, -0.25) is 19.4 Å². The van der Waals surface area contributed by atoms with Crippen molar-refractivity contribution in [2.75, 3.05) is 24.7 Å². The minimum atomic E-state index is -0.956. The Bertz CT molecular complexity index is 848. The molecule has 2 fully saturated rings. The normalized spacial score (nSPS) is 21.9. The van der Waals surface area contributed by atoms with Gasteiger partial charge in [0.2, 0.25) is 11.8 Å². The molecule has 3 rings (SSSR count). The van der Waals surface area contributed by atoms with E-state index in [9.17, 15) is 19.2 Å². The number of nitrogens with zero attached hydrogens (tertiary/aromatic N) is 2. The molecule has 2 aliphatic heterocycles. The number of hydrogen-bond acceptors (Lipinski definition) is 6. The molecule has 29 heavy (non-hydrogen) atoms. The number of carbonyl (C=O) groups is 4. The maximum Gasteiger partial charge on any atom is 0.407 e. The average molecular weight is 468 g/mol. The largest absolute Gasteiger partial charge is 0.453 e. The Kier molecular flexibility index (Phi) is 6.26. The van der Waals surface area contributed by atoms with Gasteiger partial charge in [0.15, 0.2) is 0 Å². The van der Waals surface area contributed by atoms with Gasteiger partial charge in [0, 0.05) is 17.4 Å². The van der Waals surface area contributed by atoms with Gasteiger partial charge in [-0.2, -0.15) is 0 Å². The highest BCUT2D eigenvalue weighted by Gasteiger charge is 2.44. The summed E-state index contributed by atoms with van der Waals surface area (Å²) in [6, 6.07) is 3.18. The van der Waals surface area contributed by atoms with Crippen molar-refractivity contribution in [1.29, 1.82) is 0 Å². The Morgan fingerprint density at radius 3 is 2.72 bits per heavy atom. The number of rotatable bonds is 3. The molecule has 0 aromatic heterocycles. The molecule has 2 heterocycles. The molecule has 2 saturated heterocycles. The molecule has 0 bridgehead atoms. The van der Waals surface area contributed by atoms with Crippen LogP contribution in [0.2, 0.25) is 0 Å². The third-order valence-electron chi connectivity index (χ3n) is 4.91. The van der Waals surface area contributed by atoms with E-state index in [0.29, 0.717) is 30.8 Å². The number of alkyl carbamates (subject to hydrolysis) is 1. The summed E-state index contributed by atoms with van der Waals surface area (Å²) in [7, 11) is 1.19. The molecule has 0 radical (unpaired) electrons. The van der Waals surface area contributed by atoms with Crippen molar-refractivity contribution in [1.82, 2.24) is 15.3 Å². The van der Waals surface area contributed by atoms with E-state index in [2.05, 4.69) is 31.3 Å². The molecular weight excluding hydrogens is 446 g/mol. The van der Waals surface area contributed by atoms with Gasteiger partial charge in [-0.15, -0.1) is 0 Å². The van der Waals surface area contributed by atoms with E-state index >= 15 is 0 Å². The highest BCUT2D eigenvalue weighted by atomic mass is 79.9. The van der Waals surface area contributed by atoms with Crippen molar-refractivity contribution < 1.29 is 23.9 Å². The monoisotopic (exact) mass is 467 g/mol. The molecular formula is C18H22BrN5O5. The summed E-state index contributed by atoms with van der Waals surface area (Å²) in [5.74, 6) is -1.25. The Balaban J connectivity index is 1.85. The lowest BCUT2D eigenvalue weighted by atomic mass is 10.1. The Hall–Kier alpha value is -2.82. The Labute approximate surface area is 175 Å². The van der Waals surface area contributed by atoms with Gasteiger partial charge < -0.3 is 21.1 Å². The maximum absolute atomic E-state index is 13.1. The lowest BCUT2D eigenvalue weighted by Crippen LogP contribution is -2.63. The summed E-state index contributed by atoms with van der Waals surface area (Å²) in [5, 5.41) is 7.66. The number of benzene rings is 1. The van der Waals surface area contributed by atoms with Gasteiger partial charge >= 0.3 is 6.09 Å². The zero-order valence-corrected chi connectivity index (χ0v) is 17.4. The number of nitrogens with two attached hydrogens (primary N) is 1. The standard InChI is InChI=1S/C18H22BrN5O5/c1-29-18(28)22-13-6-7-15(25)23-8-2-3-14(24(23)17(13)27)16(26)21-12-5-4-10(19)9-11(12)20/h4-5,9,13-14H,2-3,6-8,20H2,1H3,(H,21,26)(H,22,28)/t13-,14-/m0/s1. The first-order valence-corrected chi connectivity index (χ1v) is 9.95. The highest BCUT2D eigenvalue weighted by Crippen LogP contribution is 2.27. The van der Waals surface area contributed by atoms with Gasteiger partial charge in [-0.1, -0.05) is 15.9 Å². The van der Waals surface area contributed by atoms with Crippen LogP contribution in [0.4, 0.5) is 16.2 Å². The van der Waals surface area contributed by atoms with Crippen LogP contribution in [0.3, 0.4) is 0 Å². The van der Waals surface area contributed by atoms with Crippen LogP contribution >= 0.6 is 15.9 Å². The van der Waals surface area contributed by atoms with Crippen LogP contribution in [0.1, 0.15) is 25.7 Å². The van der Waals surface area contributed by atoms with Crippen molar-refractivity contribution in [2.24, 2.45) is 0 Å². The number of halogens is 1. The predicted molar refractivity (Wildman–Crippen MR) is 107 cm³/mol. The summed E-state index contributed by atoms with van der Waals surface area (Å²) in [4.78, 5) is 50.2. The Morgan fingerprint density at radius 2 is 2.03 bits per heavy atom. The third-order valence-corrected chi connectivity index (χ3v) is 5.41. The van der Waals surface area contributed by atoms with E-state index in [1.165, 1.54) is 17.1 Å².